The molecule has 1 rings (SSSR count). The summed E-state index contributed by atoms with van der Waals surface area (Å²) < 4.78 is 5.13. The molecule has 0 bridgehead atoms. The predicted octanol–water partition coefficient (Wildman–Crippen LogP) is 0.574. The molecule has 3 N–H and O–H groups in total. The monoisotopic (exact) mass is 302 g/mol. The van der Waals surface area contributed by atoms with Gasteiger partial charge in [-0.15, -0.1) is 0 Å². The van der Waals surface area contributed by atoms with E-state index in [0.29, 0.717) is 29.5 Å². The Morgan fingerprint density at radius 1 is 1.35 bits per heavy atom. The molecule has 1 aromatic rings. The zero-order valence-corrected chi connectivity index (χ0v) is 12.1. The summed E-state index contributed by atoms with van der Waals surface area (Å²) in [6.45, 7) is 0.555. The number of carbonyl (C=O) groups excluding carboxylic acids is 1. The molecule has 0 saturated carbocycles. The van der Waals surface area contributed by atoms with Crippen LogP contribution in [0.3, 0.4) is 0 Å². The van der Waals surface area contributed by atoms with Gasteiger partial charge >= 0.3 is 0 Å². The first-order valence-electron chi connectivity index (χ1n) is 6.18. The van der Waals surface area contributed by atoms with Crippen LogP contribution in [-0.2, 0) is 4.79 Å². The van der Waals surface area contributed by atoms with Gasteiger partial charge in [0.1, 0.15) is 5.75 Å². The minimum absolute atomic E-state index is 0.0663. The highest BCUT2D eigenvalue weighted by molar-refractivity contribution is 6.31. The summed E-state index contributed by atoms with van der Waals surface area (Å²) in [5.74, 6) is 0.242. The maximum Gasteiger partial charge on any atom is 0.238 e. The average Bonchev–Trinajstić information content (AvgIpc) is 2.39. The van der Waals surface area contributed by atoms with Gasteiger partial charge in [0.05, 0.1) is 32.6 Å². The SMILES string of the molecule is COc1ccc(Cl)cc1NC(=O)CN(CCO)CCO. The maximum atomic E-state index is 11.9. The Hall–Kier alpha value is -1.34. The van der Waals surface area contributed by atoms with Gasteiger partial charge in [-0.25, -0.2) is 0 Å². The van der Waals surface area contributed by atoms with Crippen molar-refractivity contribution in [3.8, 4) is 5.75 Å². The summed E-state index contributed by atoms with van der Waals surface area (Å²) in [5, 5.41) is 21.0. The molecule has 7 heteroatoms. The Labute approximate surface area is 122 Å². The molecule has 0 aliphatic carbocycles. The molecule has 0 aliphatic heterocycles. The first-order chi connectivity index (χ1) is 9.60. The highest BCUT2D eigenvalue weighted by atomic mass is 35.5. The molecule has 20 heavy (non-hydrogen) atoms. The van der Waals surface area contributed by atoms with Crippen LogP contribution in [0.15, 0.2) is 18.2 Å². The number of nitrogens with zero attached hydrogens (tertiary/aromatic N) is 1. The summed E-state index contributed by atoms with van der Waals surface area (Å²) in [7, 11) is 1.50. The lowest BCUT2D eigenvalue weighted by Gasteiger charge is -2.19. The molecule has 1 amide bonds. The molecule has 1 aromatic carbocycles. The first-order valence-corrected chi connectivity index (χ1v) is 6.56. The molecule has 0 aliphatic rings. The highest BCUT2D eigenvalue weighted by Gasteiger charge is 2.12. The van der Waals surface area contributed by atoms with Gasteiger partial charge in [0.25, 0.3) is 0 Å². The quantitative estimate of drug-likeness (QED) is 0.654. The van der Waals surface area contributed by atoms with Crippen LogP contribution in [-0.4, -0.2) is 61.0 Å². The molecule has 0 atom stereocenters. The molecule has 0 unspecified atom stereocenters. The lowest BCUT2D eigenvalue weighted by molar-refractivity contribution is -0.117. The second-order valence-electron chi connectivity index (χ2n) is 4.12. The van der Waals surface area contributed by atoms with Gasteiger partial charge in [0, 0.05) is 18.1 Å². The smallest absolute Gasteiger partial charge is 0.238 e. The van der Waals surface area contributed by atoms with E-state index >= 15 is 0 Å². The third-order valence-corrected chi connectivity index (χ3v) is 2.87. The second kappa shape index (κ2) is 8.76. The van der Waals surface area contributed by atoms with Gasteiger partial charge in [-0.05, 0) is 18.2 Å². The van der Waals surface area contributed by atoms with Crippen molar-refractivity contribution < 1.29 is 19.7 Å². The lowest BCUT2D eigenvalue weighted by atomic mass is 10.3. The van der Waals surface area contributed by atoms with Crippen molar-refractivity contribution >= 4 is 23.2 Å². The van der Waals surface area contributed by atoms with Crippen LogP contribution in [0.25, 0.3) is 0 Å². The fraction of sp³-hybridized carbons (Fsp3) is 0.462. The van der Waals surface area contributed by atoms with E-state index in [9.17, 15) is 4.79 Å². The zero-order chi connectivity index (χ0) is 15.0. The van der Waals surface area contributed by atoms with Crippen molar-refractivity contribution in [1.82, 2.24) is 4.90 Å². The molecule has 0 aromatic heterocycles. The Bertz CT molecular complexity index is 436. The molecule has 0 fully saturated rings. The molecule has 0 radical (unpaired) electrons. The van der Waals surface area contributed by atoms with Crippen molar-refractivity contribution in [3.05, 3.63) is 23.2 Å². The van der Waals surface area contributed by atoms with E-state index in [-0.39, 0.29) is 25.7 Å². The van der Waals surface area contributed by atoms with E-state index in [0.717, 1.165) is 0 Å². The van der Waals surface area contributed by atoms with E-state index in [1.165, 1.54) is 7.11 Å². The number of aliphatic hydroxyl groups excluding tert-OH is 2. The average molecular weight is 303 g/mol. The number of methoxy groups -OCH3 is 1. The number of hydrogen-bond donors (Lipinski definition) is 3. The van der Waals surface area contributed by atoms with Crippen molar-refractivity contribution in [1.29, 1.82) is 0 Å². The normalized spacial score (nSPS) is 10.7. The molecular formula is C13H19ClN2O4. The van der Waals surface area contributed by atoms with Crippen LogP contribution < -0.4 is 10.1 Å². The van der Waals surface area contributed by atoms with E-state index in [2.05, 4.69) is 5.32 Å². The molecule has 0 spiro atoms. The molecular weight excluding hydrogens is 284 g/mol. The van der Waals surface area contributed by atoms with Crippen molar-refractivity contribution in [2.75, 3.05) is 45.3 Å². The number of aliphatic hydroxyl groups is 2. The number of ether oxygens (including phenoxy) is 1. The fourth-order valence-corrected chi connectivity index (χ4v) is 1.90. The number of benzene rings is 1. The van der Waals surface area contributed by atoms with Crippen LogP contribution in [0.2, 0.25) is 5.02 Å². The minimum Gasteiger partial charge on any atom is -0.495 e. The lowest BCUT2D eigenvalue weighted by Crippen LogP contribution is -2.37. The first kappa shape index (κ1) is 16.7. The third-order valence-electron chi connectivity index (χ3n) is 2.64. The number of hydrogen-bond acceptors (Lipinski definition) is 5. The van der Waals surface area contributed by atoms with E-state index in [1.807, 2.05) is 0 Å². The van der Waals surface area contributed by atoms with E-state index < -0.39 is 0 Å². The van der Waals surface area contributed by atoms with Crippen LogP contribution in [0.5, 0.6) is 5.75 Å². The van der Waals surface area contributed by atoms with Gasteiger partial charge in [0.15, 0.2) is 0 Å². The van der Waals surface area contributed by atoms with Crippen LogP contribution in [0.1, 0.15) is 0 Å². The number of rotatable bonds is 8. The van der Waals surface area contributed by atoms with Crippen LogP contribution in [0.4, 0.5) is 5.69 Å². The fourth-order valence-electron chi connectivity index (χ4n) is 1.72. The number of carbonyl (C=O) groups is 1. The minimum atomic E-state index is -0.271. The Balaban J connectivity index is 2.67. The van der Waals surface area contributed by atoms with E-state index in [1.54, 1.807) is 23.1 Å². The molecule has 0 heterocycles. The predicted molar refractivity (Wildman–Crippen MR) is 77.2 cm³/mol. The zero-order valence-electron chi connectivity index (χ0n) is 11.3. The number of nitrogens with one attached hydrogen (secondary N) is 1. The van der Waals surface area contributed by atoms with Crippen LogP contribution in [0, 0.1) is 0 Å². The highest BCUT2D eigenvalue weighted by Crippen LogP contribution is 2.27. The summed E-state index contributed by atoms with van der Waals surface area (Å²) >= 11 is 5.88. The number of amides is 1. The standard InChI is InChI=1S/C13H19ClN2O4/c1-20-12-3-2-10(14)8-11(12)15-13(19)9-16(4-6-17)5-7-18/h2-3,8,17-18H,4-7,9H2,1H3,(H,15,19). The van der Waals surface area contributed by atoms with Gasteiger partial charge in [-0.2, -0.15) is 0 Å². The molecule has 0 saturated heterocycles. The molecule has 6 nitrogen and oxygen atoms in total. The second-order valence-corrected chi connectivity index (χ2v) is 4.55. The Kier molecular flexibility index (Phi) is 7.32. The van der Waals surface area contributed by atoms with Crippen molar-refractivity contribution in [2.24, 2.45) is 0 Å². The summed E-state index contributed by atoms with van der Waals surface area (Å²) in [6.07, 6.45) is 0. The maximum absolute atomic E-state index is 11.9. The van der Waals surface area contributed by atoms with Crippen molar-refractivity contribution in [3.63, 3.8) is 0 Å². The van der Waals surface area contributed by atoms with Crippen LogP contribution >= 0.6 is 11.6 Å². The number of anilines is 1. The summed E-state index contributed by atoms with van der Waals surface area (Å²) in [5.41, 5.74) is 0.484. The summed E-state index contributed by atoms with van der Waals surface area (Å²) in [6, 6.07) is 4.93. The van der Waals surface area contributed by atoms with Gasteiger partial charge in [-0.3, -0.25) is 9.69 Å². The topological polar surface area (TPSA) is 82.0 Å². The van der Waals surface area contributed by atoms with Gasteiger partial charge in [-0.1, -0.05) is 11.6 Å². The van der Waals surface area contributed by atoms with E-state index in [4.69, 9.17) is 26.6 Å². The largest absolute Gasteiger partial charge is 0.495 e. The van der Waals surface area contributed by atoms with Crippen molar-refractivity contribution in [2.45, 2.75) is 0 Å². The summed E-state index contributed by atoms with van der Waals surface area (Å²) in [4.78, 5) is 13.6. The number of halogens is 1. The Morgan fingerprint density at radius 3 is 2.55 bits per heavy atom. The third kappa shape index (κ3) is 5.34. The molecule has 112 valence electrons. The Morgan fingerprint density at radius 2 is 2.00 bits per heavy atom. The van der Waals surface area contributed by atoms with Gasteiger partial charge in [0.2, 0.25) is 5.91 Å². The van der Waals surface area contributed by atoms with Gasteiger partial charge < -0.3 is 20.3 Å².